The molecule has 13 heavy (non-hydrogen) atoms. The first-order valence-corrected chi connectivity index (χ1v) is 5.03. The fourth-order valence-electron chi connectivity index (χ4n) is 1.09. The van der Waals surface area contributed by atoms with Crippen molar-refractivity contribution in [1.82, 2.24) is 4.98 Å². The first kappa shape index (κ1) is 8.18. The van der Waals surface area contributed by atoms with E-state index in [1.165, 1.54) is 12.4 Å². The molecule has 0 N–H and O–H groups in total. The van der Waals surface area contributed by atoms with E-state index in [9.17, 15) is 8.42 Å². The zero-order valence-corrected chi connectivity index (χ0v) is 7.69. The zero-order valence-electron chi connectivity index (χ0n) is 6.88. The van der Waals surface area contributed by atoms with E-state index in [0.29, 0.717) is 5.82 Å². The summed E-state index contributed by atoms with van der Waals surface area (Å²) in [6, 6.07) is 3.07. The summed E-state index contributed by atoms with van der Waals surface area (Å²) >= 11 is 0. The molecule has 6 heteroatoms. The minimum absolute atomic E-state index is 0.153. The third-order valence-electron chi connectivity index (χ3n) is 1.72. The van der Waals surface area contributed by atoms with Crippen LogP contribution in [0.1, 0.15) is 0 Å². The molecule has 0 spiro atoms. The van der Waals surface area contributed by atoms with Crippen molar-refractivity contribution in [2.24, 2.45) is 4.40 Å². The van der Waals surface area contributed by atoms with Gasteiger partial charge in [-0.05, 0) is 12.1 Å². The highest BCUT2D eigenvalue weighted by atomic mass is 32.2. The van der Waals surface area contributed by atoms with Crippen LogP contribution in [0.4, 0.5) is 5.82 Å². The molecule has 5 nitrogen and oxygen atoms in total. The van der Waals surface area contributed by atoms with Gasteiger partial charge >= 0.3 is 0 Å². The monoisotopic (exact) mass is 197 g/mol. The van der Waals surface area contributed by atoms with E-state index in [-0.39, 0.29) is 4.90 Å². The smallest absolute Gasteiger partial charge is 0.287 e. The molecular weight excluding hydrogens is 190 g/mol. The molecular formula is C7H7N3O2S. The average Bonchev–Trinajstić information content (AvgIpc) is 2.13. The summed E-state index contributed by atoms with van der Waals surface area (Å²) in [6.45, 7) is 0. The maximum absolute atomic E-state index is 11.4. The number of aromatic nitrogens is 1. The van der Waals surface area contributed by atoms with Crippen molar-refractivity contribution in [3.63, 3.8) is 0 Å². The van der Waals surface area contributed by atoms with Gasteiger partial charge < -0.3 is 4.90 Å². The van der Waals surface area contributed by atoms with Gasteiger partial charge in [0, 0.05) is 13.2 Å². The fourth-order valence-corrected chi connectivity index (χ4v) is 2.15. The van der Waals surface area contributed by atoms with Crippen LogP contribution in [0.15, 0.2) is 27.6 Å². The van der Waals surface area contributed by atoms with Gasteiger partial charge in [-0.25, -0.2) is 4.98 Å². The summed E-state index contributed by atoms with van der Waals surface area (Å²) in [5, 5.41) is 0. The van der Waals surface area contributed by atoms with E-state index < -0.39 is 10.0 Å². The molecule has 0 atom stereocenters. The number of rotatable bonds is 0. The lowest BCUT2D eigenvalue weighted by molar-refractivity contribution is 0.597. The molecule has 0 unspecified atom stereocenters. The minimum Gasteiger partial charge on any atom is -0.318 e. The van der Waals surface area contributed by atoms with Gasteiger partial charge in [0.25, 0.3) is 10.0 Å². The molecule has 2 rings (SSSR count). The van der Waals surface area contributed by atoms with Gasteiger partial charge in [-0.1, -0.05) is 0 Å². The second-order valence-corrected chi connectivity index (χ2v) is 4.23. The Kier molecular flexibility index (Phi) is 1.59. The Hall–Kier alpha value is -1.43. The first-order valence-electron chi connectivity index (χ1n) is 3.59. The van der Waals surface area contributed by atoms with Crippen LogP contribution in [0, 0.1) is 0 Å². The summed E-state index contributed by atoms with van der Waals surface area (Å²) < 4.78 is 26.1. The molecule has 0 aromatic carbocycles. The Morgan fingerprint density at radius 1 is 1.46 bits per heavy atom. The van der Waals surface area contributed by atoms with E-state index >= 15 is 0 Å². The van der Waals surface area contributed by atoms with Crippen LogP contribution in [0.2, 0.25) is 0 Å². The molecule has 1 aliphatic heterocycles. The second-order valence-electron chi connectivity index (χ2n) is 2.63. The molecule has 0 bridgehead atoms. The minimum atomic E-state index is -3.51. The SMILES string of the molecule is CN1C=NS(=O)(=O)c2cccnc21. The van der Waals surface area contributed by atoms with E-state index in [0.717, 1.165) is 0 Å². The summed E-state index contributed by atoms with van der Waals surface area (Å²) in [7, 11) is -1.81. The number of sulfonamides is 1. The van der Waals surface area contributed by atoms with E-state index in [1.807, 2.05) is 0 Å². The van der Waals surface area contributed by atoms with Gasteiger partial charge in [0.05, 0.1) is 0 Å². The molecule has 0 saturated heterocycles. The highest BCUT2D eigenvalue weighted by molar-refractivity contribution is 7.90. The third kappa shape index (κ3) is 1.19. The molecule has 68 valence electrons. The summed E-state index contributed by atoms with van der Waals surface area (Å²) in [6.07, 6.45) is 2.79. The van der Waals surface area contributed by atoms with Gasteiger partial charge in [0.2, 0.25) is 0 Å². The Bertz CT molecular complexity index is 466. The van der Waals surface area contributed by atoms with Gasteiger partial charge in [-0.15, -0.1) is 4.40 Å². The molecule has 2 heterocycles. The van der Waals surface area contributed by atoms with Crippen LogP contribution in [0.5, 0.6) is 0 Å². The molecule has 0 fully saturated rings. The van der Waals surface area contributed by atoms with Crippen molar-refractivity contribution in [2.75, 3.05) is 11.9 Å². The van der Waals surface area contributed by atoms with Crippen LogP contribution in [-0.2, 0) is 10.0 Å². The second kappa shape index (κ2) is 2.53. The highest BCUT2D eigenvalue weighted by Gasteiger charge is 2.23. The summed E-state index contributed by atoms with van der Waals surface area (Å²) in [5.74, 6) is 0.414. The number of fused-ring (bicyclic) bond motifs is 1. The Morgan fingerprint density at radius 2 is 2.23 bits per heavy atom. The quantitative estimate of drug-likeness (QED) is 0.598. The maximum atomic E-state index is 11.4. The molecule has 1 aromatic heterocycles. The largest absolute Gasteiger partial charge is 0.318 e. The van der Waals surface area contributed by atoms with Gasteiger partial charge in [0.15, 0.2) is 5.82 Å². The number of pyridine rings is 1. The van der Waals surface area contributed by atoms with Crippen LogP contribution in [0.25, 0.3) is 0 Å². The van der Waals surface area contributed by atoms with Crippen molar-refractivity contribution >= 4 is 22.2 Å². The van der Waals surface area contributed by atoms with Gasteiger partial charge in [-0.3, -0.25) is 0 Å². The lowest BCUT2D eigenvalue weighted by Crippen LogP contribution is -2.23. The summed E-state index contributed by atoms with van der Waals surface area (Å²) in [5.41, 5.74) is 0. The van der Waals surface area contributed by atoms with E-state index in [4.69, 9.17) is 0 Å². The Morgan fingerprint density at radius 3 is 2.92 bits per heavy atom. The normalized spacial score (nSPS) is 18.4. The topological polar surface area (TPSA) is 62.6 Å². The van der Waals surface area contributed by atoms with E-state index in [2.05, 4.69) is 9.38 Å². The van der Waals surface area contributed by atoms with Crippen LogP contribution in [-0.4, -0.2) is 26.8 Å². The number of nitrogens with zero attached hydrogens (tertiary/aromatic N) is 3. The molecule has 1 aromatic rings. The standard InChI is InChI=1S/C7H7N3O2S/c1-10-5-9-13(11,12)6-3-2-4-8-7(6)10/h2-5H,1H3. The van der Waals surface area contributed by atoms with Crippen LogP contribution >= 0.6 is 0 Å². The number of hydrogen-bond acceptors (Lipinski definition) is 4. The Balaban J connectivity index is 2.76. The zero-order chi connectivity index (χ0) is 9.47. The molecule has 0 amide bonds. The Labute approximate surface area is 75.8 Å². The van der Waals surface area contributed by atoms with Crippen molar-refractivity contribution in [2.45, 2.75) is 4.90 Å². The van der Waals surface area contributed by atoms with Crippen molar-refractivity contribution in [3.05, 3.63) is 18.3 Å². The third-order valence-corrected chi connectivity index (χ3v) is 2.97. The van der Waals surface area contributed by atoms with Crippen molar-refractivity contribution in [3.8, 4) is 0 Å². The lowest BCUT2D eigenvalue weighted by atomic mass is 10.4. The van der Waals surface area contributed by atoms with Gasteiger partial charge in [-0.2, -0.15) is 8.42 Å². The van der Waals surface area contributed by atoms with E-state index in [1.54, 1.807) is 24.2 Å². The number of hydrogen-bond donors (Lipinski definition) is 0. The molecule has 0 radical (unpaired) electrons. The predicted octanol–water partition coefficient (Wildman–Crippen LogP) is 0.248. The first-order chi connectivity index (χ1) is 6.11. The highest BCUT2D eigenvalue weighted by Crippen LogP contribution is 2.25. The van der Waals surface area contributed by atoms with Crippen LogP contribution in [0.3, 0.4) is 0 Å². The van der Waals surface area contributed by atoms with Crippen molar-refractivity contribution in [1.29, 1.82) is 0 Å². The number of anilines is 1. The molecule has 0 aliphatic carbocycles. The van der Waals surface area contributed by atoms with Gasteiger partial charge in [0.1, 0.15) is 11.2 Å². The molecule has 0 saturated carbocycles. The summed E-state index contributed by atoms with van der Waals surface area (Å²) in [4.78, 5) is 5.67. The fraction of sp³-hybridized carbons (Fsp3) is 0.143. The van der Waals surface area contributed by atoms with Crippen LogP contribution < -0.4 is 4.90 Å². The predicted molar refractivity (Wildman–Crippen MR) is 48.3 cm³/mol. The van der Waals surface area contributed by atoms with Crippen molar-refractivity contribution < 1.29 is 8.42 Å². The lowest BCUT2D eigenvalue weighted by Gasteiger charge is -2.18. The molecule has 1 aliphatic rings. The maximum Gasteiger partial charge on any atom is 0.287 e. The average molecular weight is 197 g/mol.